The van der Waals surface area contributed by atoms with Crippen LogP contribution in [0.4, 0.5) is 0 Å². The first-order valence-corrected chi connectivity index (χ1v) is 7.29. The number of likely N-dealkylation sites (N-methyl/N-ethyl adjacent to an activating group) is 1. The predicted octanol–water partition coefficient (Wildman–Crippen LogP) is 1.44. The van der Waals surface area contributed by atoms with E-state index < -0.39 is 6.10 Å². The topological polar surface area (TPSA) is 66.8 Å². The minimum atomic E-state index is -0.644. The zero-order chi connectivity index (χ0) is 15.0. The minimum absolute atomic E-state index is 0.0935. The van der Waals surface area contributed by atoms with Gasteiger partial charge in [0.25, 0.3) is 5.91 Å². The molecule has 0 spiro atoms. The molecule has 0 radical (unpaired) electrons. The number of imide groups is 1. The van der Waals surface area contributed by atoms with Gasteiger partial charge in [0.2, 0.25) is 5.91 Å². The molecule has 21 heavy (non-hydrogen) atoms. The van der Waals surface area contributed by atoms with Gasteiger partial charge in [-0.2, -0.15) is 0 Å². The highest BCUT2D eigenvalue weighted by Crippen LogP contribution is 2.28. The minimum Gasteiger partial charge on any atom is -0.388 e. The average molecular weight is 289 g/mol. The highest BCUT2D eigenvalue weighted by molar-refractivity contribution is 6.09. The smallest absolute Gasteiger partial charge is 0.260 e. The molecule has 2 amide bonds. The highest BCUT2D eigenvalue weighted by atomic mass is 16.5. The number of nitrogens with zero attached hydrogens (tertiary/aromatic N) is 1. The third-order valence-corrected chi connectivity index (χ3v) is 4.28. The monoisotopic (exact) mass is 289 g/mol. The molecule has 5 heteroatoms. The summed E-state index contributed by atoms with van der Waals surface area (Å²) in [5.41, 5.74) is 1.96. The first-order chi connectivity index (χ1) is 10.1. The van der Waals surface area contributed by atoms with Crippen LogP contribution in [0.25, 0.3) is 0 Å². The molecule has 3 rings (SSSR count). The first-order valence-electron chi connectivity index (χ1n) is 7.29. The third kappa shape index (κ3) is 2.71. The summed E-state index contributed by atoms with van der Waals surface area (Å²) in [6.45, 7) is 0.757. The van der Waals surface area contributed by atoms with Crippen LogP contribution in [0.2, 0.25) is 0 Å². The van der Waals surface area contributed by atoms with Crippen molar-refractivity contribution >= 4 is 11.8 Å². The summed E-state index contributed by atoms with van der Waals surface area (Å²) in [7, 11) is 1.49. The molecular weight excluding hydrogens is 270 g/mol. The van der Waals surface area contributed by atoms with E-state index in [0.717, 1.165) is 29.9 Å². The number of carbonyl (C=O) groups excluding carboxylic acids is 2. The summed E-state index contributed by atoms with van der Waals surface area (Å²) in [6, 6.07) is 5.27. The Balaban J connectivity index is 1.82. The SMILES string of the molecule is CN1C(=O)Cc2ccc(C(O)CC3CCCO3)cc2C1=O. The predicted molar refractivity (Wildman–Crippen MR) is 75.8 cm³/mol. The van der Waals surface area contributed by atoms with E-state index in [1.165, 1.54) is 7.05 Å². The van der Waals surface area contributed by atoms with Crippen molar-refractivity contribution in [1.29, 1.82) is 0 Å². The van der Waals surface area contributed by atoms with Crippen LogP contribution in [0.15, 0.2) is 18.2 Å². The van der Waals surface area contributed by atoms with E-state index in [1.54, 1.807) is 18.2 Å². The molecule has 1 saturated heterocycles. The number of fused-ring (bicyclic) bond motifs is 1. The molecule has 2 heterocycles. The number of ether oxygens (including phenoxy) is 1. The molecular formula is C16H19NO4. The van der Waals surface area contributed by atoms with Crippen molar-refractivity contribution in [3.63, 3.8) is 0 Å². The Morgan fingerprint density at radius 1 is 1.43 bits per heavy atom. The van der Waals surface area contributed by atoms with Gasteiger partial charge in [-0.25, -0.2) is 0 Å². The van der Waals surface area contributed by atoms with Gasteiger partial charge in [0.1, 0.15) is 0 Å². The Hall–Kier alpha value is -1.72. The Bertz CT molecular complexity index is 578. The lowest BCUT2D eigenvalue weighted by Crippen LogP contribution is -2.39. The number of aliphatic hydroxyl groups excluding tert-OH is 1. The largest absolute Gasteiger partial charge is 0.388 e. The number of benzene rings is 1. The van der Waals surface area contributed by atoms with Gasteiger partial charge in [-0.1, -0.05) is 12.1 Å². The molecule has 2 aliphatic heterocycles. The number of aliphatic hydroxyl groups is 1. The van der Waals surface area contributed by atoms with Crippen LogP contribution in [0.5, 0.6) is 0 Å². The van der Waals surface area contributed by atoms with Crippen LogP contribution < -0.4 is 0 Å². The van der Waals surface area contributed by atoms with E-state index in [1.807, 2.05) is 0 Å². The zero-order valence-electron chi connectivity index (χ0n) is 12.0. The molecule has 1 aromatic rings. The highest BCUT2D eigenvalue weighted by Gasteiger charge is 2.29. The summed E-state index contributed by atoms with van der Waals surface area (Å²) >= 11 is 0. The Morgan fingerprint density at radius 2 is 2.24 bits per heavy atom. The van der Waals surface area contributed by atoms with Gasteiger partial charge in [-0.05, 0) is 30.0 Å². The van der Waals surface area contributed by atoms with Gasteiger partial charge in [-0.3, -0.25) is 14.5 Å². The molecule has 1 fully saturated rings. The van der Waals surface area contributed by atoms with Gasteiger partial charge < -0.3 is 9.84 Å². The molecule has 0 aromatic heterocycles. The van der Waals surface area contributed by atoms with E-state index in [4.69, 9.17) is 4.74 Å². The van der Waals surface area contributed by atoms with Gasteiger partial charge in [0, 0.05) is 25.6 Å². The van der Waals surface area contributed by atoms with Crippen molar-refractivity contribution in [2.75, 3.05) is 13.7 Å². The van der Waals surface area contributed by atoms with E-state index in [2.05, 4.69) is 0 Å². The summed E-state index contributed by atoms with van der Waals surface area (Å²) in [6.07, 6.45) is 2.23. The number of rotatable bonds is 3. The third-order valence-electron chi connectivity index (χ3n) is 4.28. The van der Waals surface area contributed by atoms with Crippen molar-refractivity contribution in [2.24, 2.45) is 0 Å². The summed E-state index contributed by atoms with van der Waals surface area (Å²) < 4.78 is 5.53. The molecule has 0 bridgehead atoms. The molecule has 1 N–H and O–H groups in total. The lowest BCUT2D eigenvalue weighted by Gasteiger charge is -2.24. The molecule has 2 aliphatic rings. The maximum Gasteiger partial charge on any atom is 0.260 e. The maximum atomic E-state index is 12.1. The second-order valence-corrected chi connectivity index (χ2v) is 5.74. The van der Waals surface area contributed by atoms with Crippen molar-refractivity contribution < 1.29 is 19.4 Å². The second kappa shape index (κ2) is 5.58. The second-order valence-electron chi connectivity index (χ2n) is 5.74. The number of hydrogen-bond acceptors (Lipinski definition) is 4. The van der Waals surface area contributed by atoms with Crippen molar-refractivity contribution in [2.45, 2.75) is 37.9 Å². The fourth-order valence-electron chi connectivity index (χ4n) is 2.95. The normalized spacial score (nSPS) is 23.3. The van der Waals surface area contributed by atoms with E-state index in [9.17, 15) is 14.7 Å². The molecule has 2 atom stereocenters. The van der Waals surface area contributed by atoms with Crippen molar-refractivity contribution in [3.05, 3.63) is 34.9 Å². The van der Waals surface area contributed by atoms with Crippen molar-refractivity contribution in [3.8, 4) is 0 Å². The van der Waals surface area contributed by atoms with Crippen LogP contribution in [-0.4, -0.2) is 41.6 Å². The Kier molecular flexibility index (Phi) is 3.78. The fraction of sp³-hybridized carbons (Fsp3) is 0.500. The molecule has 5 nitrogen and oxygen atoms in total. The maximum absolute atomic E-state index is 12.1. The van der Waals surface area contributed by atoms with Crippen LogP contribution in [0.1, 0.15) is 46.9 Å². The van der Waals surface area contributed by atoms with Crippen LogP contribution in [0.3, 0.4) is 0 Å². The van der Waals surface area contributed by atoms with Gasteiger partial charge >= 0.3 is 0 Å². The first kappa shape index (κ1) is 14.2. The van der Waals surface area contributed by atoms with Crippen LogP contribution >= 0.6 is 0 Å². The quantitative estimate of drug-likeness (QED) is 0.855. The number of hydrogen-bond donors (Lipinski definition) is 1. The number of amides is 2. The van der Waals surface area contributed by atoms with Crippen LogP contribution in [-0.2, 0) is 16.0 Å². The standard InChI is InChI=1S/C16H19NO4/c1-17-15(19)8-10-4-5-11(7-13(10)16(17)20)14(18)9-12-3-2-6-21-12/h4-5,7,12,14,18H,2-3,6,8-9H2,1H3. The zero-order valence-corrected chi connectivity index (χ0v) is 12.0. The molecule has 2 unspecified atom stereocenters. The fourth-order valence-corrected chi connectivity index (χ4v) is 2.95. The van der Waals surface area contributed by atoms with Gasteiger partial charge in [0.05, 0.1) is 18.6 Å². The van der Waals surface area contributed by atoms with E-state index >= 15 is 0 Å². The summed E-state index contributed by atoms with van der Waals surface area (Å²) in [5.74, 6) is -0.493. The molecule has 1 aromatic carbocycles. The average Bonchev–Trinajstić information content (AvgIpc) is 2.97. The van der Waals surface area contributed by atoms with E-state index in [-0.39, 0.29) is 24.3 Å². The molecule has 0 saturated carbocycles. The lowest BCUT2D eigenvalue weighted by molar-refractivity contribution is -0.127. The van der Waals surface area contributed by atoms with Crippen LogP contribution in [0, 0.1) is 0 Å². The number of carbonyl (C=O) groups is 2. The lowest BCUT2D eigenvalue weighted by atomic mass is 9.93. The summed E-state index contributed by atoms with van der Waals surface area (Å²) in [5, 5.41) is 10.3. The van der Waals surface area contributed by atoms with Gasteiger partial charge in [0.15, 0.2) is 0 Å². The van der Waals surface area contributed by atoms with Crippen molar-refractivity contribution in [1.82, 2.24) is 4.90 Å². The molecule has 0 aliphatic carbocycles. The van der Waals surface area contributed by atoms with Gasteiger partial charge in [-0.15, -0.1) is 0 Å². The Morgan fingerprint density at radius 3 is 2.95 bits per heavy atom. The molecule has 112 valence electrons. The Labute approximate surface area is 123 Å². The van der Waals surface area contributed by atoms with E-state index in [0.29, 0.717) is 17.5 Å². The summed E-state index contributed by atoms with van der Waals surface area (Å²) in [4.78, 5) is 24.9.